The molecule has 1 saturated heterocycles. The van der Waals surface area contributed by atoms with Crippen LogP contribution in [0.25, 0.3) is 0 Å². The van der Waals surface area contributed by atoms with Crippen molar-refractivity contribution in [2.24, 2.45) is 11.8 Å². The monoisotopic (exact) mass is 238 g/mol. The van der Waals surface area contributed by atoms with E-state index >= 15 is 0 Å². The van der Waals surface area contributed by atoms with E-state index in [4.69, 9.17) is 0 Å². The Hall–Kier alpha value is -0.0800. The summed E-state index contributed by atoms with van der Waals surface area (Å²) in [6, 6.07) is 1.62. The zero-order valence-electron chi connectivity index (χ0n) is 12.3. The third-order valence-electron chi connectivity index (χ3n) is 4.49. The van der Waals surface area contributed by atoms with Crippen LogP contribution in [0.5, 0.6) is 0 Å². The Kier molecular flexibility index (Phi) is 3.84. The number of nitrogens with one attached hydrogen (secondary N) is 1. The highest BCUT2D eigenvalue weighted by atomic mass is 15.2. The maximum atomic E-state index is 3.70. The summed E-state index contributed by atoms with van der Waals surface area (Å²) in [5.41, 5.74) is 0.242. The Morgan fingerprint density at radius 2 is 1.94 bits per heavy atom. The number of hydrogen-bond donors (Lipinski definition) is 1. The van der Waals surface area contributed by atoms with Crippen LogP contribution in [0.2, 0.25) is 0 Å². The second-order valence-electron chi connectivity index (χ2n) is 7.47. The smallest absolute Gasteiger partial charge is 0.0246 e. The predicted molar refractivity (Wildman–Crippen MR) is 74.2 cm³/mol. The summed E-state index contributed by atoms with van der Waals surface area (Å²) in [6.45, 7) is 14.0. The summed E-state index contributed by atoms with van der Waals surface area (Å²) in [5.74, 6) is 1.76. The first kappa shape index (κ1) is 13.4. The minimum Gasteiger partial charge on any atom is -0.311 e. The summed E-state index contributed by atoms with van der Waals surface area (Å²) < 4.78 is 0. The first-order chi connectivity index (χ1) is 7.87. The Morgan fingerprint density at radius 3 is 2.35 bits per heavy atom. The molecule has 2 aliphatic rings. The lowest BCUT2D eigenvalue weighted by Gasteiger charge is -2.39. The number of hydrogen-bond acceptors (Lipinski definition) is 2. The molecule has 3 unspecified atom stereocenters. The molecule has 0 radical (unpaired) electrons. The van der Waals surface area contributed by atoms with E-state index in [0.29, 0.717) is 0 Å². The van der Waals surface area contributed by atoms with E-state index < -0.39 is 0 Å². The number of piperidine rings is 1. The van der Waals surface area contributed by atoms with Crippen molar-refractivity contribution >= 4 is 0 Å². The average molecular weight is 238 g/mol. The minimum atomic E-state index is 0.242. The van der Waals surface area contributed by atoms with Crippen LogP contribution < -0.4 is 5.32 Å². The maximum Gasteiger partial charge on any atom is 0.0246 e. The van der Waals surface area contributed by atoms with E-state index in [1.165, 1.54) is 25.8 Å². The molecule has 1 N–H and O–H groups in total. The summed E-state index contributed by atoms with van der Waals surface area (Å²) in [5, 5.41) is 3.70. The largest absolute Gasteiger partial charge is 0.311 e. The standard InChI is InChI=1S/C15H30N2/c1-11(2)14(9-16-15(3,4)5)17-10-12-6-7-13(17)8-12/h11-14,16H,6-10H2,1-5H3. The van der Waals surface area contributed by atoms with E-state index in [1.807, 2.05) is 0 Å². The van der Waals surface area contributed by atoms with Gasteiger partial charge in [-0.2, -0.15) is 0 Å². The van der Waals surface area contributed by atoms with Gasteiger partial charge in [-0.1, -0.05) is 13.8 Å². The van der Waals surface area contributed by atoms with Crippen LogP contribution in [0.15, 0.2) is 0 Å². The third-order valence-corrected chi connectivity index (χ3v) is 4.49. The topological polar surface area (TPSA) is 15.3 Å². The van der Waals surface area contributed by atoms with Crippen LogP contribution in [0.1, 0.15) is 53.9 Å². The first-order valence-electron chi connectivity index (χ1n) is 7.37. The van der Waals surface area contributed by atoms with Gasteiger partial charge in [0.05, 0.1) is 0 Å². The van der Waals surface area contributed by atoms with E-state index in [-0.39, 0.29) is 5.54 Å². The molecule has 2 fully saturated rings. The van der Waals surface area contributed by atoms with Crippen LogP contribution in [-0.4, -0.2) is 35.6 Å². The van der Waals surface area contributed by atoms with Gasteiger partial charge in [0.25, 0.3) is 0 Å². The zero-order valence-corrected chi connectivity index (χ0v) is 12.3. The Morgan fingerprint density at radius 1 is 1.24 bits per heavy atom. The van der Waals surface area contributed by atoms with Crippen LogP contribution in [0, 0.1) is 11.8 Å². The fourth-order valence-electron chi connectivity index (χ4n) is 3.52. The highest BCUT2D eigenvalue weighted by molar-refractivity contribution is 4.96. The normalized spacial score (nSPS) is 31.4. The Bertz CT molecular complexity index is 254. The lowest BCUT2D eigenvalue weighted by molar-refractivity contribution is 0.108. The molecule has 2 rings (SSSR count). The van der Waals surface area contributed by atoms with Crippen LogP contribution >= 0.6 is 0 Å². The molecule has 0 amide bonds. The Labute approximate surface area is 107 Å². The molecule has 1 aliphatic carbocycles. The SMILES string of the molecule is CC(C)C(CNC(C)(C)C)N1CC2CCC1C2. The van der Waals surface area contributed by atoms with Crippen molar-refractivity contribution < 1.29 is 0 Å². The van der Waals surface area contributed by atoms with Gasteiger partial charge in [-0.25, -0.2) is 0 Å². The van der Waals surface area contributed by atoms with Gasteiger partial charge in [-0.3, -0.25) is 4.90 Å². The van der Waals surface area contributed by atoms with Crippen LogP contribution in [0.3, 0.4) is 0 Å². The van der Waals surface area contributed by atoms with Crippen molar-refractivity contribution in [2.75, 3.05) is 13.1 Å². The van der Waals surface area contributed by atoms with Crippen LogP contribution in [-0.2, 0) is 0 Å². The summed E-state index contributed by atoms with van der Waals surface area (Å²) in [4.78, 5) is 2.80. The highest BCUT2D eigenvalue weighted by Gasteiger charge is 2.41. The molecule has 2 nitrogen and oxygen atoms in total. The quantitative estimate of drug-likeness (QED) is 0.810. The van der Waals surface area contributed by atoms with Crippen molar-refractivity contribution in [3.8, 4) is 0 Å². The van der Waals surface area contributed by atoms with Gasteiger partial charge in [-0.15, -0.1) is 0 Å². The fourth-order valence-corrected chi connectivity index (χ4v) is 3.52. The van der Waals surface area contributed by atoms with Crippen LogP contribution in [0.4, 0.5) is 0 Å². The molecule has 2 heteroatoms. The third kappa shape index (κ3) is 3.23. The molecule has 1 heterocycles. The minimum absolute atomic E-state index is 0.242. The fraction of sp³-hybridized carbons (Fsp3) is 1.00. The number of fused-ring (bicyclic) bond motifs is 2. The molecule has 1 saturated carbocycles. The van der Waals surface area contributed by atoms with Gasteiger partial charge in [0.1, 0.15) is 0 Å². The second-order valence-corrected chi connectivity index (χ2v) is 7.47. The van der Waals surface area contributed by atoms with Crippen molar-refractivity contribution in [3.63, 3.8) is 0 Å². The van der Waals surface area contributed by atoms with Gasteiger partial charge < -0.3 is 5.32 Å². The highest BCUT2D eigenvalue weighted by Crippen LogP contribution is 2.39. The number of likely N-dealkylation sites (tertiary alicyclic amines) is 1. The molecule has 100 valence electrons. The average Bonchev–Trinajstić information content (AvgIpc) is 2.76. The number of rotatable bonds is 4. The number of nitrogens with zero attached hydrogens (tertiary/aromatic N) is 1. The molecule has 17 heavy (non-hydrogen) atoms. The molecular formula is C15H30N2. The molecule has 2 bridgehead atoms. The van der Waals surface area contributed by atoms with Crippen molar-refractivity contribution in [3.05, 3.63) is 0 Å². The Balaban J connectivity index is 1.93. The van der Waals surface area contributed by atoms with Gasteiger partial charge in [-0.05, 0) is 51.9 Å². The second kappa shape index (κ2) is 4.89. The molecule has 0 aromatic carbocycles. The van der Waals surface area contributed by atoms with Gasteiger partial charge in [0.15, 0.2) is 0 Å². The molecule has 0 aromatic heterocycles. The summed E-state index contributed by atoms with van der Waals surface area (Å²) in [6.07, 6.45) is 4.40. The van der Waals surface area contributed by atoms with Crippen molar-refractivity contribution in [2.45, 2.75) is 71.5 Å². The molecule has 3 atom stereocenters. The van der Waals surface area contributed by atoms with E-state index in [0.717, 1.165) is 30.5 Å². The molecule has 0 aromatic rings. The zero-order chi connectivity index (χ0) is 12.6. The first-order valence-corrected chi connectivity index (χ1v) is 7.37. The lowest BCUT2D eigenvalue weighted by Crippen LogP contribution is -2.52. The predicted octanol–water partition coefficient (Wildman–Crippen LogP) is 2.88. The summed E-state index contributed by atoms with van der Waals surface area (Å²) >= 11 is 0. The van der Waals surface area contributed by atoms with E-state index in [2.05, 4.69) is 44.8 Å². The van der Waals surface area contributed by atoms with Gasteiger partial charge in [0.2, 0.25) is 0 Å². The van der Waals surface area contributed by atoms with Crippen molar-refractivity contribution in [1.82, 2.24) is 10.2 Å². The molecule has 0 spiro atoms. The van der Waals surface area contributed by atoms with Crippen molar-refractivity contribution in [1.29, 1.82) is 0 Å². The van der Waals surface area contributed by atoms with E-state index in [9.17, 15) is 0 Å². The molecular weight excluding hydrogens is 208 g/mol. The lowest BCUT2D eigenvalue weighted by atomic mass is 9.98. The molecule has 1 aliphatic heterocycles. The van der Waals surface area contributed by atoms with E-state index in [1.54, 1.807) is 0 Å². The van der Waals surface area contributed by atoms with Gasteiger partial charge >= 0.3 is 0 Å². The van der Waals surface area contributed by atoms with Gasteiger partial charge in [0, 0.05) is 30.7 Å². The maximum absolute atomic E-state index is 3.70. The summed E-state index contributed by atoms with van der Waals surface area (Å²) in [7, 11) is 0.